The zero-order valence-electron chi connectivity index (χ0n) is 19.5. The second-order valence-corrected chi connectivity index (χ2v) is 11.2. The maximum absolute atomic E-state index is 13.4. The number of hydrogen-bond acceptors (Lipinski definition) is 4. The van der Waals surface area contributed by atoms with Crippen molar-refractivity contribution in [2.24, 2.45) is 5.92 Å². The first kappa shape index (κ1) is 25.2. The van der Waals surface area contributed by atoms with E-state index in [2.05, 4.69) is 4.72 Å². The normalized spacial score (nSPS) is 14.3. The van der Waals surface area contributed by atoms with Crippen LogP contribution in [0.4, 0.5) is 0 Å². The number of hydrogen-bond donors (Lipinski definition) is 1. The minimum absolute atomic E-state index is 0.312. The Balaban J connectivity index is 1.93. The number of esters is 1. The van der Waals surface area contributed by atoms with Gasteiger partial charge in [0.25, 0.3) is 0 Å². The van der Waals surface area contributed by atoms with Gasteiger partial charge in [-0.05, 0) is 57.5 Å². The van der Waals surface area contributed by atoms with Crippen LogP contribution in [0.5, 0.6) is 0 Å². The van der Waals surface area contributed by atoms with Gasteiger partial charge in [0, 0.05) is 10.6 Å². The van der Waals surface area contributed by atoms with Gasteiger partial charge in [-0.1, -0.05) is 66.2 Å². The van der Waals surface area contributed by atoms with Gasteiger partial charge >= 0.3 is 5.97 Å². The van der Waals surface area contributed by atoms with Crippen molar-refractivity contribution >= 4 is 28.7 Å². The Morgan fingerprint density at radius 3 is 2.09 bits per heavy atom. The molecule has 3 aromatic carbocycles. The monoisotopic (exact) mass is 481 g/mol. The molecule has 0 unspecified atom stereocenters. The van der Waals surface area contributed by atoms with Gasteiger partial charge in [-0.15, -0.1) is 11.8 Å². The van der Waals surface area contributed by atoms with Crippen molar-refractivity contribution in [2.45, 2.75) is 49.1 Å². The average Bonchev–Trinajstić information content (AvgIpc) is 2.79. The summed E-state index contributed by atoms with van der Waals surface area (Å²) in [7, 11) is -1.50. The van der Waals surface area contributed by atoms with Crippen LogP contribution >= 0.6 is 11.8 Å². The zero-order valence-corrected chi connectivity index (χ0v) is 21.1. The third-order valence-corrected chi connectivity index (χ3v) is 7.21. The predicted octanol–water partition coefficient (Wildman–Crippen LogP) is 6.10. The molecule has 0 saturated carbocycles. The van der Waals surface area contributed by atoms with Crippen LogP contribution in [0.2, 0.25) is 0 Å². The Morgan fingerprint density at radius 2 is 1.52 bits per heavy atom. The molecule has 1 N–H and O–H groups in total. The van der Waals surface area contributed by atoms with E-state index in [1.807, 2.05) is 113 Å². The van der Waals surface area contributed by atoms with Gasteiger partial charge in [-0.25, -0.2) is 8.93 Å². The highest BCUT2D eigenvalue weighted by molar-refractivity contribution is 7.99. The van der Waals surface area contributed by atoms with Crippen LogP contribution in [0.15, 0.2) is 94.7 Å². The van der Waals surface area contributed by atoms with Crippen molar-refractivity contribution in [3.8, 4) is 0 Å². The van der Waals surface area contributed by atoms with Gasteiger partial charge in [0.1, 0.15) is 16.6 Å². The number of carbonyl (C=O) groups excluding carboxylic acids is 1. The number of ether oxygens (including phenoxy) is 1. The fourth-order valence-corrected chi connectivity index (χ4v) is 5.37. The number of benzene rings is 3. The summed E-state index contributed by atoms with van der Waals surface area (Å²) in [6, 6.07) is 26.7. The predicted molar refractivity (Wildman–Crippen MR) is 136 cm³/mol. The van der Waals surface area contributed by atoms with Gasteiger partial charge in [0.15, 0.2) is 0 Å². The van der Waals surface area contributed by atoms with Crippen LogP contribution in [0.25, 0.3) is 0 Å². The minimum atomic E-state index is -1.50. The van der Waals surface area contributed by atoms with Crippen LogP contribution in [0.3, 0.4) is 0 Å². The SMILES string of the molecule is Cc1ccc([S@](=O)N[C@@H](c2ccccc2)[C@H](CSc2ccccc2)C(=O)OC(C)(C)C)cc1. The Morgan fingerprint density at radius 1 is 0.939 bits per heavy atom. The van der Waals surface area contributed by atoms with E-state index in [0.717, 1.165) is 16.0 Å². The molecule has 0 saturated heterocycles. The van der Waals surface area contributed by atoms with Gasteiger partial charge in [-0.3, -0.25) is 4.79 Å². The van der Waals surface area contributed by atoms with Crippen molar-refractivity contribution in [2.75, 3.05) is 5.75 Å². The summed E-state index contributed by atoms with van der Waals surface area (Å²) in [4.78, 5) is 15.1. The van der Waals surface area contributed by atoms with E-state index in [1.165, 1.54) is 0 Å². The fourth-order valence-electron chi connectivity index (χ4n) is 3.27. The van der Waals surface area contributed by atoms with Crippen LogP contribution in [0.1, 0.15) is 37.9 Å². The third-order valence-electron chi connectivity index (χ3n) is 4.91. The molecule has 0 aromatic heterocycles. The molecule has 0 spiro atoms. The molecular formula is C27H31NO3S2. The molecule has 0 aliphatic rings. The first-order chi connectivity index (χ1) is 15.7. The number of thioether (sulfide) groups is 1. The second kappa shape index (κ2) is 11.6. The van der Waals surface area contributed by atoms with Gasteiger partial charge in [-0.2, -0.15) is 0 Å². The first-order valence-electron chi connectivity index (χ1n) is 10.9. The first-order valence-corrected chi connectivity index (χ1v) is 13.1. The molecule has 3 rings (SSSR count). The number of carbonyl (C=O) groups is 1. The smallest absolute Gasteiger partial charge is 0.312 e. The van der Waals surface area contributed by atoms with Gasteiger partial charge < -0.3 is 4.74 Å². The molecule has 33 heavy (non-hydrogen) atoms. The topological polar surface area (TPSA) is 55.4 Å². The van der Waals surface area contributed by atoms with Gasteiger partial charge in [0.2, 0.25) is 0 Å². The van der Waals surface area contributed by atoms with E-state index >= 15 is 0 Å². The molecule has 174 valence electrons. The Labute approximate surface area is 203 Å². The number of nitrogens with one attached hydrogen (secondary N) is 1. The van der Waals surface area contributed by atoms with Gasteiger partial charge in [0.05, 0.1) is 16.9 Å². The molecular weight excluding hydrogens is 450 g/mol. The van der Waals surface area contributed by atoms with E-state index in [1.54, 1.807) is 11.8 Å². The third kappa shape index (κ3) is 7.84. The summed E-state index contributed by atoms with van der Waals surface area (Å²) in [6.07, 6.45) is 0. The van der Waals surface area contributed by atoms with Crippen molar-refractivity contribution in [1.82, 2.24) is 4.72 Å². The molecule has 0 aliphatic carbocycles. The van der Waals surface area contributed by atoms with Crippen molar-refractivity contribution < 1.29 is 13.7 Å². The Kier molecular flexibility index (Phi) is 8.89. The lowest BCUT2D eigenvalue weighted by Gasteiger charge is -2.30. The van der Waals surface area contributed by atoms with E-state index in [-0.39, 0.29) is 5.97 Å². The lowest BCUT2D eigenvalue weighted by Crippen LogP contribution is -2.39. The molecule has 0 heterocycles. The fraction of sp³-hybridized carbons (Fsp3) is 0.296. The maximum Gasteiger partial charge on any atom is 0.312 e. The summed E-state index contributed by atoms with van der Waals surface area (Å²) in [5.41, 5.74) is 1.37. The molecule has 0 bridgehead atoms. The summed E-state index contributed by atoms with van der Waals surface area (Å²) < 4.78 is 22.3. The second-order valence-electron chi connectivity index (χ2n) is 8.85. The summed E-state index contributed by atoms with van der Waals surface area (Å²) in [5, 5.41) is 0. The van der Waals surface area contributed by atoms with E-state index in [0.29, 0.717) is 10.6 Å². The maximum atomic E-state index is 13.4. The highest BCUT2D eigenvalue weighted by atomic mass is 32.2. The molecule has 0 aliphatic heterocycles. The molecule has 0 radical (unpaired) electrons. The zero-order chi connectivity index (χ0) is 23.8. The standard InChI is InChI=1S/C27H31NO3S2/c1-20-15-17-23(18-16-20)33(30)28-25(21-11-7-5-8-12-21)24(26(29)31-27(2,3)4)19-32-22-13-9-6-10-14-22/h5-18,24-25,28H,19H2,1-4H3/t24-,25-,33-/m0/s1. The lowest BCUT2D eigenvalue weighted by atomic mass is 9.95. The van der Waals surface area contributed by atoms with E-state index < -0.39 is 28.5 Å². The van der Waals surface area contributed by atoms with E-state index in [9.17, 15) is 9.00 Å². The van der Waals surface area contributed by atoms with Crippen molar-refractivity contribution in [3.05, 3.63) is 96.1 Å². The van der Waals surface area contributed by atoms with Crippen LogP contribution < -0.4 is 4.72 Å². The largest absolute Gasteiger partial charge is 0.460 e. The highest BCUT2D eigenvalue weighted by Gasteiger charge is 2.34. The molecule has 6 heteroatoms. The molecule has 0 amide bonds. The summed E-state index contributed by atoms with van der Waals surface area (Å²) in [5.74, 6) is -0.379. The molecule has 0 fully saturated rings. The summed E-state index contributed by atoms with van der Waals surface area (Å²) in [6.45, 7) is 7.58. The number of aryl methyl sites for hydroxylation is 1. The minimum Gasteiger partial charge on any atom is -0.460 e. The Bertz CT molecular complexity index is 1050. The molecule has 4 nitrogen and oxygen atoms in total. The quantitative estimate of drug-likeness (QED) is 0.296. The Hall–Kier alpha value is -2.41. The van der Waals surface area contributed by atoms with Crippen LogP contribution in [-0.4, -0.2) is 21.5 Å². The van der Waals surface area contributed by atoms with E-state index in [4.69, 9.17) is 4.74 Å². The average molecular weight is 482 g/mol. The highest BCUT2D eigenvalue weighted by Crippen LogP contribution is 2.32. The van der Waals surface area contributed by atoms with Crippen molar-refractivity contribution in [1.29, 1.82) is 0 Å². The van der Waals surface area contributed by atoms with Crippen LogP contribution in [-0.2, 0) is 20.5 Å². The summed E-state index contributed by atoms with van der Waals surface area (Å²) >= 11 is 1.59. The van der Waals surface area contributed by atoms with Crippen molar-refractivity contribution in [3.63, 3.8) is 0 Å². The number of rotatable bonds is 9. The lowest BCUT2D eigenvalue weighted by molar-refractivity contribution is -0.160. The van der Waals surface area contributed by atoms with Crippen LogP contribution in [0, 0.1) is 12.8 Å². The molecule has 3 atom stereocenters. The molecule has 3 aromatic rings.